The van der Waals surface area contributed by atoms with Crippen LogP contribution in [0.5, 0.6) is 0 Å². The first-order valence-electron chi connectivity index (χ1n) is 6.61. The Hall–Kier alpha value is -1.06. The van der Waals surface area contributed by atoms with Gasteiger partial charge in [0.1, 0.15) is 5.82 Å². The van der Waals surface area contributed by atoms with Crippen molar-refractivity contribution in [2.75, 3.05) is 5.32 Å². The lowest BCUT2D eigenvalue weighted by atomic mass is 10.0. The minimum atomic E-state index is -0.338. The maximum Gasteiger partial charge on any atom is 0.125 e. The fraction of sp³-hybridized carbons (Fsp3) is 0.250. The molecule has 0 saturated heterocycles. The number of halogens is 3. The van der Waals surface area contributed by atoms with E-state index in [2.05, 4.69) is 33.4 Å². The second-order valence-electron chi connectivity index (χ2n) is 5.11. The molecule has 1 aliphatic carbocycles. The highest BCUT2D eigenvalue weighted by Crippen LogP contribution is 2.45. The lowest BCUT2D eigenvalue weighted by Crippen LogP contribution is -2.13. The standard InChI is InChI=1S/C16H14BrClFN/c17-13-8-12(19)9-14(18)16(13)20-15(11-6-7-11)10-4-2-1-3-5-10/h1-5,8-9,11,15,20H,6-7H2. The van der Waals surface area contributed by atoms with Crippen molar-refractivity contribution in [1.29, 1.82) is 0 Å². The van der Waals surface area contributed by atoms with Gasteiger partial charge in [-0.25, -0.2) is 4.39 Å². The topological polar surface area (TPSA) is 12.0 Å². The normalized spacial score (nSPS) is 15.9. The summed E-state index contributed by atoms with van der Waals surface area (Å²) in [6.07, 6.45) is 2.42. The molecule has 0 radical (unpaired) electrons. The van der Waals surface area contributed by atoms with Gasteiger partial charge in [-0.15, -0.1) is 0 Å². The smallest absolute Gasteiger partial charge is 0.125 e. The number of rotatable bonds is 4. The van der Waals surface area contributed by atoms with Crippen LogP contribution in [-0.2, 0) is 0 Å². The van der Waals surface area contributed by atoms with Crippen LogP contribution in [0, 0.1) is 11.7 Å². The molecule has 1 atom stereocenters. The van der Waals surface area contributed by atoms with Gasteiger partial charge >= 0.3 is 0 Å². The molecule has 1 fully saturated rings. The van der Waals surface area contributed by atoms with Gasteiger partial charge in [0.15, 0.2) is 0 Å². The van der Waals surface area contributed by atoms with E-state index in [0.29, 0.717) is 15.4 Å². The quantitative estimate of drug-likeness (QED) is 0.731. The lowest BCUT2D eigenvalue weighted by Gasteiger charge is -2.22. The first-order valence-corrected chi connectivity index (χ1v) is 7.78. The molecule has 20 heavy (non-hydrogen) atoms. The van der Waals surface area contributed by atoms with Crippen LogP contribution in [-0.4, -0.2) is 0 Å². The monoisotopic (exact) mass is 353 g/mol. The average Bonchev–Trinajstić information content (AvgIpc) is 3.23. The van der Waals surface area contributed by atoms with Crippen LogP contribution in [0.4, 0.5) is 10.1 Å². The van der Waals surface area contributed by atoms with Crippen molar-refractivity contribution in [2.24, 2.45) is 5.92 Å². The van der Waals surface area contributed by atoms with Gasteiger partial charge in [0.25, 0.3) is 0 Å². The number of hydrogen-bond acceptors (Lipinski definition) is 1. The fourth-order valence-corrected chi connectivity index (χ4v) is 3.32. The minimum absolute atomic E-state index is 0.218. The summed E-state index contributed by atoms with van der Waals surface area (Å²) in [5.41, 5.74) is 2.00. The Morgan fingerprint density at radius 3 is 2.50 bits per heavy atom. The van der Waals surface area contributed by atoms with Gasteiger partial charge in [-0.2, -0.15) is 0 Å². The first kappa shape index (κ1) is 13.9. The van der Waals surface area contributed by atoms with Gasteiger partial charge in [0.05, 0.1) is 16.8 Å². The Labute approximate surface area is 131 Å². The van der Waals surface area contributed by atoms with E-state index < -0.39 is 0 Å². The number of benzene rings is 2. The lowest BCUT2D eigenvalue weighted by molar-refractivity contribution is 0.626. The SMILES string of the molecule is Fc1cc(Cl)c(NC(c2ccccc2)C2CC2)c(Br)c1. The van der Waals surface area contributed by atoms with Gasteiger partial charge in [0.2, 0.25) is 0 Å². The Morgan fingerprint density at radius 2 is 1.90 bits per heavy atom. The zero-order valence-electron chi connectivity index (χ0n) is 10.7. The number of anilines is 1. The van der Waals surface area contributed by atoms with Crippen molar-refractivity contribution in [3.8, 4) is 0 Å². The van der Waals surface area contributed by atoms with Crippen molar-refractivity contribution in [3.63, 3.8) is 0 Å². The van der Waals surface area contributed by atoms with Crippen molar-refractivity contribution >= 4 is 33.2 Å². The molecule has 0 bridgehead atoms. The largest absolute Gasteiger partial charge is 0.376 e. The van der Waals surface area contributed by atoms with Crippen LogP contribution < -0.4 is 5.32 Å². The molecule has 2 aromatic carbocycles. The Balaban J connectivity index is 1.92. The average molecular weight is 355 g/mol. The zero-order valence-corrected chi connectivity index (χ0v) is 13.1. The predicted octanol–water partition coefficient (Wildman–Crippen LogP) is 5.80. The Kier molecular flexibility index (Phi) is 3.99. The van der Waals surface area contributed by atoms with Gasteiger partial charge in [-0.3, -0.25) is 0 Å². The van der Waals surface area contributed by atoms with Crippen LogP contribution in [0.25, 0.3) is 0 Å². The molecule has 1 N–H and O–H groups in total. The van der Waals surface area contributed by atoms with Crippen LogP contribution in [0.1, 0.15) is 24.4 Å². The van der Waals surface area contributed by atoms with E-state index in [0.717, 1.165) is 5.69 Å². The molecule has 1 unspecified atom stereocenters. The molecule has 104 valence electrons. The molecule has 1 nitrogen and oxygen atoms in total. The minimum Gasteiger partial charge on any atom is -0.376 e. The third kappa shape index (κ3) is 2.99. The maximum atomic E-state index is 13.3. The molecule has 0 amide bonds. The van der Waals surface area contributed by atoms with E-state index in [4.69, 9.17) is 11.6 Å². The molecule has 0 aliphatic heterocycles. The summed E-state index contributed by atoms with van der Waals surface area (Å²) < 4.78 is 14.0. The van der Waals surface area contributed by atoms with Crippen molar-refractivity contribution in [1.82, 2.24) is 0 Å². The molecule has 0 aromatic heterocycles. The van der Waals surface area contributed by atoms with Crippen LogP contribution in [0.15, 0.2) is 46.9 Å². The summed E-state index contributed by atoms with van der Waals surface area (Å²) in [5, 5.41) is 3.88. The molecule has 2 aromatic rings. The third-order valence-electron chi connectivity index (χ3n) is 3.56. The van der Waals surface area contributed by atoms with Gasteiger partial charge in [0, 0.05) is 4.47 Å². The molecular formula is C16H14BrClFN. The van der Waals surface area contributed by atoms with Crippen molar-refractivity contribution in [2.45, 2.75) is 18.9 Å². The molecule has 1 aliphatic rings. The molecule has 3 rings (SSSR count). The number of nitrogens with one attached hydrogen (secondary N) is 1. The molecule has 0 heterocycles. The molecule has 0 spiro atoms. The molecule has 1 saturated carbocycles. The van der Waals surface area contributed by atoms with E-state index in [-0.39, 0.29) is 11.9 Å². The first-order chi connectivity index (χ1) is 9.65. The summed E-state index contributed by atoms with van der Waals surface area (Å²) in [5.74, 6) is 0.278. The van der Waals surface area contributed by atoms with E-state index in [1.54, 1.807) is 0 Å². The summed E-state index contributed by atoms with van der Waals surface area (Å²) in [4.78, 5) is 0. The summed E-state index contributed by atoms with van der Waals surface area (Å²) in [7, 11) is 0. The Bertz CT molecular complexity index is 590. The van der Waals surface area contributed by atoms with E-state index in [9.17, 15) is 4.39 Å². The van der Waals surface area contributed by atoms with Gasteiger partial charge in [-0.05, 0) is 52.4 Å². The summed E-state index contributed by atoms with van der Waals surface area (Å²) >= 11 is 9.54. The highest BCUT2D eigenvalue weighted by molar-refractivity contribution is 9.10. The van der Waals surface area contributed by atoms with E-state index in [1.165, 1.54) is 30.5 Å². The second kappa shape index (κ2) is 5.74. The van der Waals surface area contributed by atoms with Crippen LogP contribution >= 0.6 is 27.5 Å². The number of hydrogen-bond donors (Lipinski definition) is 1. The highest BCUT2D eigenvalue weighted by atomic mass is 79.9. The van der Waals surface area contributed by atoms with Crippen molar-refractivity contribution in [3.05, 3.63) is 63.3 Å². The van der Waals surface area contributed by atoms with Gasteiger partial charge in [-0.1, -0.05) is 41.9 Å². The maximum absolute atomic E-state index is 13.3. The van der Waals surface area contributed by atoms with Crippen LogP contribution in [0.2, 0.25) is 5.02 Å². The van der Waals surface area contributed by atoms with Crippen LogP contribution in [0.3, 0.4) is 0 Å². The fourth-order valence-electron chi connectivity index (χ4n) is 2.40. The zero-order chi connectivity index (χ0) is 14.1. The molecular weight excluding hydrogens is 341 g/mol. The van der Waals surface area contributed by atoms with Gasteiger partial charge < -0.3 is 5.32 Å². The van der Waals surface area contributed by atoms with E-state index >= 15 is 0 Å². The van der Waals surface area contributed by atoms with E-state index in [1.807, 2.05) is 18.2 Å². The summed E-state index contributed by atoms with van der Waals surface area (Å²) in [6, 6.07) is 13.3. The highest BCUT2D eigenvalue weighted by Gasteiger charge is 2.33. The van der Waals surface area contributed by atoms with Crippen molar-refractivity contribution < 1.29 is 4.39 Å². The Morgan fingerprint density at radius 1 is 1.20 bits per heavy atom. The molecule has 4 heteroatoms. The summed E-state index contributed by atoms with van der Waals surface area (Å²) in [6.45, 7) is 0. The second-order valence-corrected chi connectivity index (χ2v) is 6.38. The third-order valence-corrected chi connectivity index (χ3v) is 4.48. The predicted molar refractivity (Wildman–Crippen MR) is 84.6 cm³/mol.